The van der Waals surface area contributed by atoms with Crippen molar-refractivity contribution in [2.24, 2.45) is 5.92 Å². The standard InChI is InChI=1S/C15H17Cl2NO4S/c16-11-2-1-10-12(3-6-22-14(10)13(11)17)18-15(19)9-4-7-23(20,21)8-5-9/h1-2,9,12H,3-8H2,(H,18,19). The molecule has 1 atom stereocenters. The van der Waals surface area contributed by atoms with Crippen LogP contribution in [0.1, 0.15) is 30.9 Å². The van der Waals surface area contributed by atoms with Gasteiger partial charge in [-0.3, -0.25) is 4.79 Å². The molecule has 1 unspecified atom stereocenters. The third kappa shape index (κ3) is 3.59. The van der Waals surface area contributed by atoms with Crippen molar-refractivity contribution in [3.63, 3.8) is 0 Å². The number of hydrogen-bond donors (Lipinski definition) is 1. The molecule has 2 aliphatic rings. The number of halogens is 2. The van der Waals surface area contributed by atoms with Crippen LogP contribution < -0.4 is 10.1 Å². The van der Waals surface area contributed by atoms with Crippen molar-refractivity contribution in [3.05, 3.63) is 27.7 Å². The fraction of sp³-hybridized carbons (Fsp3) is 0.533. The van der Waals surface area contributed by atoms with Gasteiger partial charge in [0, 0.05) is 17.9 Å². The molecule has 0 aromatic heterocycles. The molecule has 1 fully saturated rings. The van der Waals surface area contributed by atoms with Gasteiger partial charge in [0.15, 0.2) is 0 Å². The molecule has 0 saturated carbocycles. The molecule has 126 valence electrons. The number of ether oxygens (including phenoxy) is 1. The van der Waals surface area contributed by atoms with Gasteiger partial charge < -0.3 is 10.1 Å². The van der Waals surface area contributed by atoms with E-state index in [1.807, 2.05) is 0 Å². The van der Waals surface area contributed by atoms with E-state index in [0.717, 1.165) is 5.56 Å². The van der Waals surface area contributed by atoms with Crippen molar-refractivity contribution in [1.82, 2.24) is 5.32 Å². The summed E-state index contributed by atoms with van der Waals surface area (Å²) in [5.74, 6) is 0.312. The van der Waals surface area contributed by atoms with Gasteiger partial charge >= 0.3 is 0 Å². The Morgan fingerprint density at radius 1 is 1.17 bits per heavy atom. The molecular weight excluding hydrogens is 361 g/mol. The van der Waals surface area contributed by atoms with Crippen LogP contribution in [0.25, 0.3) is 0 Å². The Labute approximate surface area is 145 Å². The van der Waals surface area contributed by atoms with E-state index >= 15 is 0 Å². The van der Waals surface area contributed by atoms with E-state index in [1.165, 1.54) is 0 Å². The number of nitrogens with one attached hydrogen (secondary N) is 1. The molecule has 5 nitrogen and oxygen atoms in total. The van der Waals surface area contributed by atoms with Gasteiger partial charge in [-0.15, -0.1) is 0 Å². The third-order valence-electron chi connectivity index (χ3n) is 4.35. The summed E-state index contributed by atoms with van der Waals surface area (Å²) >= 11 is 12.1. The first-order valence-corrected chi connectivity index (χ1v) is 10.1. The lowest BCUT2D eigenvalue weighted by molar-refractivity contribution is -0.126. The predicted octanol–water partition coefficient (Wildman–Crippen LogP) is 2.76. The Hall–Kier alpha value is -0.980. The topological polar surface area (TPSA) is 72.5 Å². The summed E-state index contributed by atoms with van der Waals surface area (Å²) in [5.41, 5.74) is 0.808. The molecule has 1 saturated heterocycles. The number of amides is 1. The fourth-order valence-electron chi connectivity index (χ4n) is 2.99. The van der Waals surface area contributed by atoms with E-state index in [4.69, 9.17) is 27.9 Å². The number of sulfone groups is 1. The van der Waals surface area contributed by atoms with Crippen LogP contribution in [-0.4, -0.2) is 32.4 Å². The molecule has 2 heterocycles. The molecule has 1 N–H and O–H groups in total. The Morgan fingerprint density at radius 2 is 1.87 bits per heavy atom. The Morgan fingerprint density at radius 3 is 2.57 bits per heavy atom. The van der Waals surface area contributed by atoms with Crippen LogP contribution in [0.2, 0.25) is 10.0 Å². The van der Waals surface area contributed by atoms with Gasteiger partial charge in [0.2, 0.25) is 5.91 Å². The summed E-state index contributed by atoms with van der Waals surface area (Å²) in [6.07, 6.45) is 1.40. The second-order valence-electron chi connectivity index (χ2n) is 5.90. The van der Waals surface area contributed by atoms with E-state index in [1.54, 1.807) is 12.1 Å². The predicted molar refractivity (Wildman–Crippen MR) is 88.8 cm³/mol. The normalized spacial score (nSPS) is 23.7. The molecule has 1 aromatic carbocycles. The second kappa shape index (κ2) is 6.49. The summed E-state index contributed by atoms with van der Waals surface area (Å²) < 4.78 is 28.5. The summed E-state index contributed by atoms with van der Waals surface area (Å²) in [5, 5.41) is 3.77. The first kappa shape index (κ1) is 16.9. The zero-order chi connectivity index (χ0) is 16.6. The lowest BCUT2D eigenvalue weighted by Gasteiger charge is -2.30. The number of benzene rings is 1. The van der Waals surface area contributed by atoms with E-state index in [0.29, 0.717) is 41.7 Å². The first-order chi connectivity index (χ1) is 10.9. The van der Waals surface area contributed by atoms with E-state index in [2.05, 4.69) is 5.32 Å². The Bertz CT molecular complexity index is 721. The second-order valence-corrected chi connectivity index (χ2v) is 8.99. The quantitative estimate of drug-likeness (QED) is 0.859. The van der Waals surface area contributed by atoms with E-state index in [9.17, 15) is 13.2 Å². The highest BCUT2D eigenvalue weighted by atomic mass is 35.5. The fourth-order valence-corrected chi connectivity index (χ4v) is 4.86. The van der Waals surface area contributed by atoms with Crippen LogP contribution in [0.3, 0.4) is 0 Å². The van der Waals surface area contributed by atoms with Crippen LogP contribution in [0.15, 0.2) is 12.1 Å². The lowest BCUT2D eigenvalue weighted by Crippen LogP contribution is -2.39. The van der Waals surface area contributed by atoms with Crippen molar-refractivity contribution in [2.75, 3.05) is 18.1 Å². The largest absolute Gasteiger partial charge is 0.492 e. The summed E-state index contributed by atoms with van der Waals surface area (Å²) in [6.45, 7) is 0.442. The van der Waals surface area contributed by atoms with Gasteiger partial charge in [0.1, 0.15) is 20.6 Å². The molecule has 23 heavy (non-hydrogen) atoms. The van der Waals surface area contributed by atoms with Crippen LogP contribution in [0.4, 0.5) is 0 Å². The zero-order valence-electron chi connectivity index (χ0n) is 12.3. The average Bonchev–Trinajstić information content (AvgIpc) is 2.51. The SMILES string of the molecule is O=C(NC1CCOc2c1ccc(Cl)c2Cl)C1CCS(=O)(=O)CC1. The van der Waals surface area contributed by atoms with Crippen LogP contribution in [0.5, 0.6) is 5.75 Å². The maximum atomic E-state index is 12.4. The van der Waals surface area contributed by atoms with Gasteiger partial charge in [-0.25, -0.2) is 8.42 Å². The average molecular weight is 378 g/mol. The van der Waals surface area contributed by atoms with Gasteiger partial charge in [0.25, 0.3) is 0 Å². The van der Waals surface area contributed by atoms with E-state index < -0.39 is 9.84 Å². The lowest BCUT2D eigenvalue weighted by atomic mass is 9.97. The molecule has 0 spiro atoms. The Balaban J connectivity index is 1.73. The highest BCUT2D eigenvalue weighted by molar-refractivity contribution is 7.91. The van der Waals surface area contributed by atoms with Gasteiger partial charge in [0.05, 0.1) is 29.2 Å². The smallest absolute Gasteiger partial charge is 0.223 e. The maximum Gasteiger partial charge on any atom is 0.223 e. The monoisotopic (exact) mass is 377 g/mol. The van der Waals surface area contributed by atoms with Crippen molar-refractivity contribution < 1.29 is 17.9 Å². The number of rotatable bonds is 2. The summed E-state index contributed by atoms with van der Waals surface area (Å²) in [7, 11) is -2.97. The van der Waals surface area contributed by atoms with Crippen molar-refractivity contribution >= 4 is 38.9 Å². The highest BCUT2D eigenvalue weighted by Gasteiger charge is 2.32. The molecule has 1 amide bonds. The molecule has 0 aliphatic carbocycles. The van der Waals surface area contributed by atoms with Crippen molar-refractivity contribution in [2.45, 2.75) is 25.3 Å². The van der Waals surface area contributed by atoms with Gasteiger partial charge in [-0.1, -0.05) is 29.3 Å². The van der Waals surface area contributed by atoms with Crippen molar-refractivity contribution in [3.8, 4) is 5.75 Å². The maximum absolute atomic E-state index is 12.4. The van der Waals surface area contributed by atoms with Crippen LogP contribution >= 0.6 is 23.2 Å². The minimum atomic E-state index is -2.97. The summed E-state index contributed by atoms with van der Waals surface area (Å²) in [6, 6.07) is 3.29. The number of carbonyl (C=O) groups excluding carboxylic acids is 1. The molecule has 0 bridgehead atoms. The number of hydrogen-bond acceptors (Lipinski definition) is 4. The van der Waals surface area contributed by atoms with Crippen LogP contribution in [-0.2, 0) is 14.6 Å². The minimum absolute atomic E-state index is 0.0802. The highest BCUT2D eigenvalue weighted by Crippen LogP contribution is 2.41. The molecule has 3 rings (SSSR count). The third-order valence-corrected chi connectivity index (χ3v) is 6.85. The van der Waals surface area contributed by atoms with Gasteiger partial charge in [-0.2, -0.15) is 0 Å². The van der Waals surface area contributed by atoms with Crippen LogP contribution in [0, 0.1) is 5.92 Å². The summed E-state index contributed by atoms with van der Waals surface area (Å²) in [4.78, 5) is 12.4. The van der Waals surface area contributed by atoms with Crippen molar-refractivity contribution in [1.29, 1.82) is 0 Å². The Kier molecular flexibility index (Phi) is 4.76. The molecule has 1 aromatic rings. The molecular formula is C15H17Cl2NO4S. The number of fused-ring (bicyclic) bond motifs is 1. The molecule has 0 radical (unpaired) electrons. The van der Waals surface area contributed by atoms with E-state index in [-0.39, 0.29) is 29.4 Å². The van der Waals surface area contributed by atoms with Gasteiger partial charge in [-0.05, 0) is 18.9 Å². The molecule has 8 heteroatoms. The minimum Gasteiger partial charge on any atom is -0.492 e. The molecule has 2 aliphatic heterocycles. The number of carbonyl (C=O) groups is 1. The zero-order valence-corrected chi connectivity index (χ0v) is 14.7. The first-order valence-electron chi connectivity index (χ1n) is 7.49.